The number of aliphatic carboxylic acids is 1. The molecule has 1 atom stereocenters. The quantitative estimate of drug-likeness (QED) is 0.860. The zero-order valence-corrected chi connectivity index (χ0v) is 9.64. The maximum absolute atomic E-state index is 10.6. The zero-order chi connectivity index (χ0) is 11.4. The van der Waals surface area contributed by atoms with E-state index in [9.17, 15) is 4.79 Å². The van der Waals surface area contributed by atoms with E-state index in [1.807, 2.05) is 0 Å². The van der Waals surface area contributed by atoms with Crippen LogP contribution in [0.3, 0.4) is 0 Å². The van der Waals surface area contributed by atoms with Crippen LogP contribution in [0.15, 0.2) is 18.2 Å². The van der Waals surface area contributed by atoms with Gasteiger partial charge >= 0.3 is 5.97 Å². The predicted molar refractivity (Wildman–Crippen MR) is 61.8 cm³/mol. The molecule has 1 aromatic carbocycles. The molecular formula is C10H11Cl2NO2. The van der Waals surface area contributed by atoms with Crippen LogP contribution in [-0.2, 0) is 4.79 Å². The molecule has 0 saturated heterocycles. The Labute approximate surface area is 98.0 Å². The Morgan fingerprint density at radius 2 is 2.20 bits per heavy atom. The van der Waals surface area contributed by atoms with Crippen molar-refractivity contribution in [1.82, 2.24) is 0 Å². The highest BCUT2D eigenvalue weighted by molar-refractivity contribution is 6.36. The van der Waals surface area contributed by atoms with Crippen molar-refractivity contribution in [1.29, 1.82) is 0 Å². The van der Waals surface area contributed by atoms with Gasteiger partial charge in [-0.3, -0.25) is 4.79 Å². The molecule has 3 nitrogen and oxygen atoms in total. The number of halogens is 2. The lowest BCUT2D eigenvalue weighted by atomic mass is 10.2. The molecule has 1 unspecified atom stereocenters. The molecule has 0 bridgehead atoms. The zero-order valence-electron chi connectivity index (χ0n) is 8.13. The number of carboxylic acids is 1. The van der Waals surface area contributed by atoms with Gasteiger partial charge in [0.2, 0.25) is 0 Å². The van der Waals surface area contributed by atoms with Crippen molar-refractivity contribution < 1.29 is 9.90 Å². The second-order valence-corrected chi connectivity index (χ2v) is 4.09. The van der Waals surface area contributed by atoms with Gasteiger partial charge in [0.1, 0.15) is 0 Å². The maximum atomic E-state index is 10.6. The van der Waals surface area contributed by atoms with Gasteiger partial charge in [-0.05, 0) is 18.2 Å². The van der Waals surface area contributed by atoms with Crippen molar-refractivity contribution in [2.75, 3.05) is 11.9 Å². The lowest BCUT2D eigenvalue weighted by Crippen LogP contribution is -2.19. The molecule has 2 N–H and O–H groups in total. The number of hydrogen-bond acceptors (Lipinski definition) is 2. The van der Waals surface area contributed by atoms with Crippen molar-refractivity contribution in [3.8, 4) is 0 Å². The summed E-state index contributed by atoms with van der Waals surface area (Å²) in [5, 5.41) is 12.7. The van der Waals surface area contributed by atoms with Crippen LogP contribution in [0.1, 0.15) is 6.92 Å². The molecule has 0 amide bonds. The molecule has 5 heteroatoms. The van der Waals surface area contributed by atoms with Gasteiger partial charge in [-0.25, -0.2) is 0 Å². The summed E-state index contributed by atoms with van der Waals surface area (Å²) in [5.74, 6) is -1.30. The molecule has 0 aliphatic heterocycles. The van der Waals surface area contributed by atoms with Crippen molar-refractivity contribution in [3.05, 3.63) is 28.2 Å². The molecule has 15 heavy (non-hydrogen) atoms. The third-order valence-corrected chi connectivity index (χ3v) is 2.50. The highest BCUT2D eigenvalue weighted by Gasteiger charge is 2.10. The van der Waals surface area contributed by atoms with Crippen LogP contribution < -0.4 is 5.32 Å². The standard InChI is InChI=1S/C10H11Cl2NO2/c1-6(10(14)15)5-13-9-3-2-7(11)4-8(9)12/h2-4,6,13H,5H2,1H3,(H,14,15). The molecule has 0 saturated carbocycles. The first kappa shape index (κ1) is 12.1. The summed E-state index contributed by atoms with van der Waals surface area (Å²) in [6.07, 6.45) is 0. The van der Waals surface area contributed by atoms with Crippen LogP contribution in [0, 0.1) is 5.92 Å². The van der Waals surface area contributed by atoms with Crippen LogP contribution >= 0.6 is 23.2 Å². The minimum atomic E-state index is -0.840. The number of anilines is 1. The van der Waals surface area contributed by atoms with Crippen LogP contribution in [0.5, 0.6) is 0 Å². The van der Waals surface area contributed by atoms with Crippen LogP contribution in [0.2, 0.25) is 10.0 Å². The van der Waals surface area contributed by atoms with Crippen molar-refractivity contribution in [2.24, 2.45) is 5.92 Å². The van der Waals surface area contributed by atoms with E-state index in [0.29, 0.717) is 22.3 Å². The molecule has 1 aromatic rings. The van der Waals surface area contributed by atoms with E-state index >= 15 is 0 Å². The Morgan fingerprint density at radius 1 is 1.53 bits per heavy atom. The molecule has 0 aliphatic carbocycles. The van der Waals surface area contributed by atoms with E-state index in [0.717, 1.165) is 0 Å². The van der Waals surface area contributed by atoms with Crippen molar-refractivity contribution in [2.45, 2.75) is 6.92 Å². The van der Waals surface area contributed by atoms with E-state index in [-0.39, 0.29) is 0 Å². The largest absolute Gasteiger partial charge is 0.481 e. The first-order chi connectivity index (χ1) is 7.00. The molecule has 0 radical (unpaired) electrons. The lowest BCUT2D eigenvalue weighted by Gasteiger charge is -2.11. The van der Waals surface area contributed by atoms with Gasteiger partial charge in [-0.1, -0.05) is 30.1 Å². The van der Waals surface area contributed by atoms with Gasteiger partial charge in [0.15, 0.2) is 0 Å². The van der Waals surface area contributed by atoms with Gasteiger partial charge in [-0.15, -0.1) is 0 Å². The summed E-state index contributed by atoms with van der Waals surface area (Å²) in [7, 11) is 0. The normalized spacial score (nSPS) is 12.2. The summed E-state index contributed by atoms with van der Waals surface area (Å²) in [6, 6.07) is 5.03. The second kappa shape index (κ2) is 5.24. The number of nitrogens with one attached hydrogen (secondary N) is 1. The molecule has 0 spiro atoms. The first-order valence-electron chi connectivity index (χ1n) is 4.42. The Bertz CT molecular complexity index is 368. The average Bonchev–Trinajstić information content (AvgIpc) is 2.15. The van der Waals surface area contributed by atoms with Crippen LogP contribution in [0.25, 0.3) is 0 Å². The number of carboxylic acid groups (broad SMARTS) is 1. The molecular weight excluding hydrogens is 237 g/mol. The topological polar surface area (TPSA) is 49.3 Å². The predicted octanol–water partition coefficient (Wildman–Crippen LogP) is 3.13. The molecule has 0 aromatic heterocycles. The number of carbonyl (C=O) groups is 1. The molecule has 0 aliphatic rings. The minimum Gasteiger partial charge on any atom is -0.481 e. The highest BCUT2D eigenvalue weighted by Crippen LogP contribution is 2.25. The monoisotopic (exact) mass is 247 g/mol. The first-order valence-corrected chi connectivity index (χ1v) is 5.18. The molecule has 0 fully saturated rings. The highest BCUT2D eigenvalue weighted by atomic mass is 35.5. The average molecular weight is 248 g/mol. The lowest BCUT2D eigenvalue weighted by molar-refractivity contribution is -0.140. The van der Waals surface area contributed by atoms with Gasteiger partial charge in [0.05, 0.1) is 16.6 Å². The Kier molecular flexibility index (Phi) is 4.24. The Morgan fingerprint density at radius 3 is 2.73 bits per heavy atom. The summed E-state index contributed by atoms with van der Waals surface area (Å²) in [5.41, 5.74) is 0.689. The SMILES string of the molecule is CC(CNc1ccc(Cl)cc1Cl)C(=O)O. The fourth-order valence-electron chi connectivity index (χ4n) is 0.983. The van der Waals surface area contributed by atoms with E-state index in [4.69, 9.17) is 28.3 Å². The number of benzene rings is 1. The molecule has 0 heterocycles. The summed E-state index contributed by atoms with van der Waals surface area (Å²) < 4.78 is 0. The number of hydrogen-bond donors (Lipinski definition) is 2. The third kappa shape index (κ3) is 3.61. The van der Waals surface area contributed by atoms with Crippen molar-refractivity contribution >= 4 is 34.9 Å². The Balaban J connectivity index is 2.62. The van der Waals surface area contributed by atoms with Gasteiger partial charge < -0.3 is 10.4 Å². The summed E-state index contributed by atoms with van der Waals surface area (Å²) in [4.78, 5) is 10.6. The Hall–Kier alpha value is -0.930. The summed E-state index contributed by atoms with van der Waals surface area (Å²) >= 11 is 11.6. The fraction of sp³-hybridized carbons (Fsp3) is 0.300. The van der Waals surface area contributed by atoms with E-state index in [2.05, 4.69) is 5.32 Å². The van der Waals surface area contributed by atoms with E-state index < -0.39 is 11.9 Å². The second-order valence-electron chi connectivity index (χ2n) is 3.24. The van der Waals surface area contributed by atoms with Crippen molar-refractivity contribution in [3.63, 3.8) is 0 Å². The van der Waals surface area contributed by atoms with E-state index in [1.54, 1.807) is 25.1 Å². The van der Waals surface area contributed by atoms with Gasteiger partial charge in [0, 0.05) is 11.6 Å². The third-order valence-electron chi connectivity index (χ3n) is 1.95. The fourth-order valence-corrected chi connectivity index (χ4v) is 1.46. The van der Waals surface area contributed by atoms with Gasteiger partial charge in [0.25, 0.3) is 0 Å². The molecule has 1 rings (SSSR count). The van der Waals surface area contributed by atoms with E-state index in [1.165, 1.54) is 0 Å². The van der Waals surface area contributed by atoms with Crippen LogP contribution in [-0.4, -0.2) is 17.6 Å². The van der Waals surface area contributed by atoms with Crippen LogP contribution in [0.4, 0.5) is 5.69 Å². The van der Waals surface area contributed by atoms with Gasteiger partial charge in [-0.2, -0.15) is 0 Å². The molecule has 82 valence electrons. The smallest absolute Gasteiger partial charge is 0.308 e. The maximum Gasteiger partial charge on any atom is 0.308 e. The summed E-state index contributed by atoms with van der Waals surface area (Å²) in [6.45, 7) is 1.95. The number of rotatable bonds is 4. The minimum absolute atomic E-state index is 0.330.